The van der Waals surface area contributed by atoms with Crippen LogP contribution in [0.2, 0.25) is 0 Å². The van der Waals surface area contributed by atoms with E-state index in [9.17, 15) is 9.46 Å². The highest BCUT2D eigenvalue weighted by Gasteiger charge is 2.24. The number of benzene rings is 1. The molecule has 1 aromatic rings. The van der Waals surface area contributed by atoms with Gasteiger partial charge in [-0.1, -0.05) is 107 Å². The Labute approximate surface area is 239 Å². The maximum absolute atomic E-state index is 12.0. The van der Waals surface area contributed by atoms with Crippen LogP contribution in [0, 0.1) is 0 Å². The molecule has 7 nitrogen and oxygen atoms in total. The van der Waals surface area contributed by atoms with Crippen LogP contribution >= 0.6 is 7.82 Å². The van der Waals surface area contributed by atoms with Crippen LogP contribution in [0.15, 0.2) is 30.3 Å². The standard InChI is InChI=1S/C31H58NO6P/c1-32(2,3)25-27-37-39(33,34)38-29-31(35-4)28-36-26-21-16-14-12-10-8-6-5-7-9-11-13-15-18-22-30-23-19-17-20-24-30/h17,19-20,23-24,31H,5-16,18,21-22,25-29H2,1-4H3/p+1. The highest BCUT2D eigenvalue weighted by Crippen LogP contribution is 2.43. The number of phosphoric acid groups is 1. The first-order valence-electron chi connectivity index (χ1n) is 15.3. The van der Waals surface area contributed by atoms with E-state index in [1.165, 1.54) is 95.5 Å². The zero-order valence-corrected chi connectivity index (χ0v) is 26.4. The molecule has 1 rings (SSSR count). The SMILES string of the molecule is COC(COCCCCCCCCCCCCCCCCc1ccccc1)COP(=O)(O)OCC[N+](C)(C)C. The Bertz CT molecular complexity index is 728. The Morgan fingerprint density at radius 2 is 1.23 bits per heavy atom. The van der Waals surface area contributed by atoms with Crippen LogP contribution in [-0.2, 0) is 29.5 Å². The molecule has 0 amide bonds. The van der Waals surface area contributed by atoms with Crippen LogP contribution in [0.5, 0.6) is 0 Å². The van der Waals surface area contributed by atoms with E-state index in [2.05, 4.69) is 30.3 Å². The molecule has 0 aliphatic carbocycles. The van der Waals surface area contributed by atoms with Gasteiger partial charge in [-0.2, -0.15) is 0 Å². The molecule has 228 valence electrons. The van der Waals surface area contributed by atoms with E-state index >= 15 is 0 Å². The lowest BCUT2D eigenvalue weighted by Gasteiger charge is -2.24. The zero-order chi connectivity index (χ0) is 28.7. The molecule has 8 heteroatoms. The van der Waals surface area contributed by atoms with E-state index < -0.39 is 13.9 Å². The summed E-state index contributed by atoms with van der Waals surface area (Å²) in [6.45, 7) is 1.73. The monoisotopic (exact) mass is 572 g/mol. The lowest BCUT2D eigenvalue weighted by atomic mass is 10.0. The molecule has 1 N–H and O–H groups in total. The third-order valence-electron chi connectivity index (χ3n) is 6.92. The molecule has 0 bridgehead atoms. The van der Waals surface area contributed by atoms with Gasteiger partial charge in [0.25, 0.3) is 0 Å². The first kappa shape index (κ1) is 36.2. The average Bonchev–Trinajstić information content (AvgIpc) is 2.89. The van der Waals surface area contributed by atoms with Crippen molar-refractivity contribution in [3.8, 4) is 0 Å². The first-order valence-corrected chi connectivity index (χ1v) is 16.8. The fourth-order valence-corrected chi connectivity index (χ4v) is 5.08. The lowest BCUT2D eigenvalue weighted by Crippen LogP contribution is -2.37. The summed E-state index contributed by atoms with van der Waals surface area (Å²) >= 11 is 0. The van der Waals surface area contributed by atoms with E-state index in [4.69, 9.17) is 18.5 Å². The van der Waals surface area contributed by atoms with Crippen molar-refractivity contribution in [3.05, 3.63) is 35.9 Å². The van der Waals surface area contributed by atoms with E-state index in [0.29, 0.717) is 24.2 Å². The van der Waals surface area contributed by atoms with Gasteiger partial charge >= 0.3 is 7.82 Å². The van der Waals surface area contributed by atoms with Crippen LogP contribution in [0.25, 0.3) is 0 Å². The van der Waals surface area contributed by atoms with E-state index in [1.54, 1.807) is 7.11 Å². The third-order valence-corrected chi connectivity index (χ3v) is 7.91. The second-order valence-corrected chi connectivity index (χ2v) is 13.2. The number of nitrogens with zero attached hydrogens (tertiary/aromatic N) is 1. The normalized spacial score (nSPS) is 14.4. The molecule has 2 atom stereocenters. The van der Waals surface area contributed by atoms with Crippen LogP contribution < -0.4 is 0 Å². The van der Waals surface area contributed by atoms with Gasteiger partial charge in [0.05, 0.1) is 34.4 Å². The number of unbranched alkanes of at least 4 members (excludes halogenated alkanes) is 13. The summed E-state index contributed by atoms with van der Waals surface area (Å²) in [6.07, 6.45) is 19.3. The van der Waals surface area contributed by atoms with E-state index in [-0.39, 0.29) is 13.2 Å². The van der Waals surface area contributed by atoms with Gasteiger partial charge in [-0.15, -0.1) is 0 Å². The summed E-state index contributed by atoms with van der Waals surface area (Å²) in [5.41, 5.74) is 1.47. The quantitative estimate of drug-likeness (QED) is 0.0666. The predicted molar refractivity (Wildman–Crippen MR) is 161 cm³/mol. The third kappa shape index (κ3) is 23.6. The number of aryl methyl sites for hydroxylation is 1. The fourth-order valence-electron chi connectivity index (χ4n) is 4.34. The minimum atomic E-state index is -4.08. The fraction of sp³-hybridized carbons (Fsp3) is 0.806. The van der Waals surface area contributed by atoms with Crippen molar-refractivity contribution in [2.45, 2.75) is 102 Å². The second-order valence-electron chi connectivity index (χ2n) is 11.7. The molecular weight excluding hydrogens is 513 g/mol. The Morgan fingerprint density at radius 3 is 1.74 bits per heavy atom. The molecule has 0 aliphatic rings. The summed E-state index contributed by atoms with van der Waals surface area (Å²) in [4.78, 5) is 9.81. The molecular formula is C31H59NO6P+. The highest BCUT2D eigenvalue weighted by atomic mass is 31.2. The highest BCUT2D eigenvalue weighted by molar-refractivity contribution is 7.47. The first-order chi connectivity index (χ1) is 18.7. The van der Waals surface area contributed by atoms with Crippen molar-refractivity contribution >= 4 is 7.82 Å². The molecule has 0 spiro atoms. The molecule has 0 aliphatic heterocycles. The van der Waals surface area contributed by atoms with Gasteiger partial charge < -0.3 is 18.9 Å². The average molecular weight is 573 g/mol. The smallest absolute Gasteiger partial charge is 0.379 e. The predicted octanol–water partition coefficient (Wildman–Crippen LogP) is 7.56. The minimum absolute atomic E-state index is 0.0383. The number of phosphoric ester groups is 1. The van der Waals surface area contributed by atoms with E-state index in [0.717, 1.165) is 6.42 Å². The number of methoxy groups -OCH3 is 1. The Hall–Kier alpha value is -0.790. The second kappa shape index (κ2) is 22.8. The van der Waals surface area contributed by atoms with Crippen LogP contribution in [-0.4, -0.2) is 76.7 Å². The maximum Gasteiger partial charge on any atom is 0.472 e. The summed E-state index contributed by atoms with van der Waals surface area (Å²) in [5, 5.41) is 0. The summed E-state index contributed by atoms with van der Waals surface area (Å²) in [6, 6.07) is 10.8. The molecule has 0 radical (unpaired) electrons. The van der Waals surface area contributed by atoms with Crippen LogP contribution in [0.3, 0.4) is 0 Å². The molecule has 0 aromatic heterocycles. The van der Waals surface area contributed by atoms with Crippen molar-refractivity contribution in [2.75, 3.05) is 61.2 Å². The number of hydrogen-bond acceptors (Lipinski definition) is 5. The van der Waals surface area contributed by atoms with Gasteiger partial charge in [-0.05, 0) is 24.8 Å². The maximum atomic E-state index is 12.0. The summed E-state index contributed by atoms with van der Waals surface area (Å²) < 4.78 is 33.7. The van der Waals surface area contributed by atoms with Crippen molar-refractivity contribution in [1.29, 1.82) is 0 Å². The van der Waals surface area contributed by atoms with Crippen molar-refractivity contribution < 1.29 is 32.5 Å². The molecule has 2 unspecified atom stereocenters. The van der Waals surface area contributed by atoms with Gasteiger partial charge in [0, 0.05) is 13.7 Å². The Morgan fingerprint density at radius 1 is 0.718 bits per heavy atom. The summed E-state index contributed by atoms with van der Waals surface area (Å²) in [5.74, 6) is 0. The van der Waals surface area contributed by atoms with Gasteiger partial charge in [0.1, 0.15) is 19.3 Å². The van der Waals surface area contributed by atoms with Gasteiger partial charge in [-0.3, -0.25) is 9.05 Å². The Kier molecular flexibility index (Phi) is 21.2. The number of ether oxygens (including phenoxy) is 2. The van der Waals surface area contributed by atoms with Crippen molar-refractivity contribution in [1.82, 2.24) is 0 Å². The molecule has 0 fully saturated rings. The largest absolute Gasteiger partial charge is 0.472 e. The number of quaternary nitrogens is 1. The van der Waals surface area contributed by atoms with Crippen molar-refractivity contribution in [3.63, 3.8) is 0 Å². The molecule has 0 heterocycles. The molecule has 0 saturated heterocycles. The van der Waals surface area contributed by atoms with Crippen LogP contribution in [0.4, 0.5) is 0 Å². The molecule has 39 heavy (non-hydrogen) atoms. The zero-order valence-electron chi connectivity index (χ0n) is 25.5. The molecule has 0 saturated carbocycles. The molecule has 1 aromatic carbocycles. The topological polar surface area (TPSA) is 74.2 Å². The minimum Gasteiger partial charge on any atom is -0.379 e. The lowest BCUT2D eigenvalue weighted by molar-refractivity contribution is -0.870. The number of hydrogen-bond donors (Lipinski definition) is 1. The summed E-state index contributed by atoms with van der Waals surface area (Å²) in [7, 11) is 3.44. The van der Waals surface area contributed by atoms with Gasteiger partial charge in [0.15, 0.2) is 0 Å². The van der Waals surface area contributed by atoms with Crippen LogP contribution in [0.1, 0.15) is 95.5 Å². The van der Waals surface area contributed by atoms with Gasteiger partial charge in [0.2, 0.25) is 0 Å². The van der Waals surface area contributed by atoms with Gasteiger partial charge in [-0.25, -0.2) is 4.57 Å². The number of rotatable bonds is 27. The Balaban J connectivity index is 1.84. The van der Waals surface area contributed by atoms with E-state index in [1.807, 2.05) is 21.1 Å². The number of likely N-dealkylation sites (N-methyl/N-ethyl adjacent to an activating group) is 1. The van der Waals surface area contributed by atoms with Crippen molar-refractivity contribution in [2.24, 2.45) is 0 Å².